The van der Waals surface area contributed by atoms with Gasteiger partial charge in [0, 0.05) is 0 Å². The number of nitrogens with one attached hydrogen (secondary N) is 1. The highest BCUT2D eigenvalue weighted by Crippen LogP contribution is 2.13. The molecule has 0 rings (SSSR count). The van der Waals surface area contributed by atoms with Crippen LogP contribution in [0.4, 0.5) is 0 Å². The van der Waals surface area contributed by atoms with Gasteiger partial charge in [0.2, 0.25) is 0 Å². The van der Waals surface area contributed by atoms with E-state index in [0.717, 1.165) is 6.42 Å². The zero-order valence-corrected chi connectivity index (χ0v) is 13.7. The van der Waals surface area contributed by atoms with Crippen molar-refractivity contribution in [2.24, 2.45) is 0 Å². The average Bonchev–Trinajstić information content (AvgIpc) is 2.47. The minimum atomic E-state index is 1.03. The summed E-state index contributed by atoms with van der Waals surface area (Å²) in [6.45, 7) is 2.28. The smallest absolute Gasteiger partial charge is 0.0184 e. The molecular formula is C18H36NO-. The van der Waals surface area contributed by atoms with Gasteiger partial charge in [0.25, 0.3) is 0 Å². The molecule has 0 aromatic rings. The number of unbranched alkanes of at least 4 members (excludes halogenated alkanes) is 14. The molecule has 0 amide bonds. The molecule has 0 aliphatic rings. The van der Waals surface area contributed by atoms with E-state index in [0.29, 0.717) is 0 Å². The van der Waals surface area contributed by atoms with Crippen molar-refractivity contribution < 1.29 is 0 Å². The summed E-state index contributed by atoms with van der Waals surface area (Å²) in [6.07, 6.45) is 24.0. The van der Waals surface area contributed by atoms with Crippen LogP contribution in [-0.2, 0) is 0 Å². The predicted octanol–water partition coefficient (Wildman–Crippen LogP) is 6.46. The van der Waals surface area contributed by atoms with Gasteiger partial charge < -0.3 is 10.7 Å². The molecule has 2 nitrogen and oxygen atoms in total. The van der Waals surface area contributed by atoms with Crippen molar-refractivity contribution in [3.8, 4) is 0 Å². The van der Waals surface area contributed by atoms with E-state index >= 15 is 0 Å². The van der Waals surface area contributed by atoms with Gasteiger partial charge in [-0.15, -0.1) is 0 Å². The van der Waals surface area contributed by atoms with Crippen LogP contribution in [0.1, 0.15) is 103 Å². The predicted molar refractivity (Wildman–Crippen MR) is 90.6 cm³/mol. The molecule has 2 heteroatoms. The van der Waals surface area contributed by atoms with E-state index in [1.165, 1.54) is 96.1 Å². The maximum atomic E-state index is 9.94. The van der Waals surface area contributed by atoms with Crippen molar-refractivity contribution >= 4 is 0 Å². The van der Waals surface area contributed by atoms with E-state index < -0.39 is 0 Å². The molecular weight excluding hydrogens is 246 g/mol. The van der Waals surface area contributed by atoms with Crippen molar-refractivity contribution in [2.45, 2.75) is 103 Å². The van der Waals surface area contributed by atoms with Crippen LogP contribution in [0.2, 0.25) is 0 Å². The second-order valence-corrected chi connectivity index (χ2v) is 5.91. The summed E-state index contributed by atoms with van der Waals surface area (Å²) >= 11 is 0. The molecule has 0 saturated heterocycles. The normalized spacial score (nSPS) is 11.3. The van der Waals surface area contributed by atoms with Gasteiger partial charge in [-0.2, -0.15) is 0 Å². The van der Waals surface area contributed by atoms with Crippen LogP contribution in [-0.4, -0.2) is 0 Å². The van der Waals surface area contributed by atoms with Crippen LogP contribution in [0, 0.1) is 5.21 Å². The fourth-order valence-electron chi connectivity index (χ4n) is 2.59. The molecule has 0 unspecified atom stereocenters. The van der Waals surface area contributed by atoms with Crippen LogP contribution in [0.15, 0.2) is 12.3 Å². The molecule has 20 heavy (non-hydrogen) atoms. The van der Waals surface area contributed by atoms with E-state index in [4.69, 9.17) is 0 Å². The van der Waals surface area contributed by atoms with Crippen LogP contribution in [0.3, 0.4) is 0 Å². The quantitative estimate of drug-likeness (QED) is 0.260. The number of rotatable bonds is 16. The number of hydroxylamine groups is 1. The SMILES string of the molecule is CCCCCCCCCCCCCCCCC=CN[O-]. The molecule has 0 radical (unpaired) electrons. The molecule has 120 valence electrons. The first-order chi connectivity index (χ1) is 9.91. The lowest BCUT2D eigenvalue weighted by atomic mass is 10.0. The molecule has 0 atom stereocenters. The monoisotopic (exact) mass is 282 g/mol. The molecule has 0 bridgehead atoms. The molecule has 0 aromatic carbocycles. The Morgan fingerprint density at radius 3 is 1.45 bits per heavy atom. The molecule has 1 N–H and O–H groups in total. The molecule has 0 aliphatic heterocycles. The van der Waals surface area contributed by atoms with Gasteiger partial charge >= 0.3 is 0 Å². The highest BCUT2D eigenvalue weighted by Gasteiger charge is 1.93. The van der Waals surface area contributed by atoms with Crippen molar-refractivity contribution in [2.75, 3.05) is 0 Å². The Kier molecular flexibility index (Phi) is 18.0. The number of hydrogen-bond acceptors (Lipinski definition) is 2. The van der Waals surface area contributed by atoms with E-state index in [-0.39, 0.29) is 0 Å². The Balaban J connectivity index is 2.94. The second kappa shape index (κ2) is 18.5. The highest BCUT2D eigenvalue weighted by atomic mass is 16.5. The Morgan fingerprint density at radius 1 is 0.650 bits per heavy atom. The van der Waals surface area contributed by atoms with Gasteiger partial charge in [-0.25, -0.2) is 0 Å². The maximum Gasteiger partial charge on any atom is -0.0184 e. The minimum Gasteiger partial charge on any atom is -0.761 e. The van der Waals surface area contributed by atoms with E-state index in [2.05, 4.69) is 6.92 Å². The molecule has 0 aromatic heterocycles. The first-order valence-electron chi connectivity index (χ1n) is 8.94. The molecule has 0 aliphatic carbocycles. The van der Waals surface area contributed by atoms with Gasteiger partial charge in [0.05, 0.1) is 0 Å². The third-order valence-corrected chi connectivity index (χ3v) is 3.91. The first kappa shape index (κ1) is 19.5. The fourth-order valence-corrected chi connectivity index (χ4v) is 2.59. The fraction of sp³-hybridized carbons (Fsp3) is 0.889. The number of allylic oxidation sites excluding steroid dienone is 1. The topological polar surface area (TPSA) is 35.1 Å². The van der Waals surface area contributed by atoms with Gasteiger partial charge in [0.15, 0.2) is 0 Å². The summed E-state index contributed by atoms with van der Waals surface area (Å²) in [4.78, 5) is 0. The van der Waals surface area contributed by atoms with Gasteiger partial charge in [-0.3, -0.25) is 0 Å². The zero-order chi connectivity index (χ0) is 14.7. The van der Waals surface area contributed by atoms with Crippen LogP contribution in [0.25, 0.3) is 0 Å². The minimum absolute atomic E-state index is 1.03. The summed E-state index contributed by atoms with van der Waals surface area (Å²) in [6, 6.07) is 0. The second-order valence-electron chi connectivity index (χ2n) is 5.91. The van der Waals surface area contributed by atoms with Gasteiger partial charge in [0.1, 0.15) is 0 Å². The Labute approximate surface area is 127 Å². The zero-order valence-electron chi connectivity index (χ0n) is 13.7. The highest BCUT2D eigenvalue weighted by molar-refractivity contribution is 4.78. The summed E-state index contributed by atoms with van der Waals surface area (Å²) in [5, 5.41) is 9.94. The maximum absolute atomic E-state index is 9.94. The summed E-state index contributed by atoms with van der Waals surface area (Å²) < 4.78 is 0. The van der Waals surface area contributed by atoms with Crippen molar-refractivity contribution in [1.29, 1.82) is 0 Å². The third kappa shape index (κ3) is 17.5. The first-order valence-corrected chi connectivity index (χ1v) is 8.94. The van der Waals surface area contributed by atoms with Crippen molar-refractivity contribution in [3.05, 3.63) is 17.5 Å². The number of hydrogen-bond donors (Lipinski definition) is 1. The Hall–Kier alpha value is -0.500. The average molecular weight is 282 g/mol. The van der Waals surface area contributed by atoms with E-state index in [1.54, 1.807) is 5.48 Å². The van der Waals surface area contributed by atoms with Gasteiger partial charge in [-0.1, -0.05) is 96.5 Å². The Bertz CT molecular complexity index is 192. The van der Waals surface area contributed by atoms with Crippen LogP contribution in [0.5, 0.6) is 0 Å². The Morgan fingerprint density at radius 2 is 1.05 bits per heavy atom. The van der Waals surface area contributed by atoms with Crippen LogP contribution >= 0.6 is 0 Å². The standard InChI is InChI=1S/C18H36NO/c1-2-3-4-5-6-7-8-9-10-11-12-13-14-15-16-17-18-19-20/h17-19H,2-16H2,1H3/q-1. The lowest BCUT2D eigenvalue weighted by molar-refractivity contribution is 0.536. The largest absolute Gasteiger partial charge is 0.761 e. The third-order valence-electron chi connectivity index (χ3n) is 3.91. The van der Waals surface area contributed by atoms with Crippen LogP contribution < -0.4 is 5.48 Å². The lowest BCUT2D eigenvalue weighted by Gasteiger charge is -2.03. The van der Waals surface area contributed by atoms with E-state index in [1.807, 2.05) is 6.08 Å². The van der Waals surface area contributed by atoms with Crippen molar-refractivity contribution in [3.63, 3.8) is 0 Å². The molecule has 0 fully saturated rings. The molecule has 0 spiro atoms. The summed E-state index contributed by atoms with van der Waals surface area (Å²) in [7, 11) is 0. The summed E-state index contributed by atoms with van der Waals surface area (Å²) in [5.74, 6) is 0. The molecule has 0 heterocycles. The lowest BCUT2D eigenvalue weighted by Crippen LogP contribution is -1.87. The van der Waals surface area contributed by atoms with Gasteiger partial charge in [-0.05, 0) is 19.0 Å². The molecule has 0 saturated carbocycles. The van der Waals surface area contributed by atoms with Crippen molar-refractivity contribution in [1.82, 2.24) is 5.48 Å². The summed E-state index contributed by atoms with van der Waals surface area (Å²) in [5.41, 5.74) is 1.79. The van der Waals surface area contributed by atoms with E-state index in [9.17, 15) is 5.21 Å².